The minimum atomic E-state index is 0.450. The fraction of sp³-hybridized carbons (Fsp3) is 0.667. The Morgan fingerprint density at radius 1 is 1.41 bits per heavy atom. The maximum Gasteiger partial charge on any atom is 0.137 e. The highest BCUT2D eigenvalue weighted by Gasteiger charge is 2.32. The number of halogens is 1. The number of likely N-dealkylation sites (tertiary alicyclic amines) is 1. The topological polar surface area (TPSA) is 24.5 Å². The molecule has 2 saturated heterocycles. The quantitative estimate of drug-likeness (QED) is 0.899. The molecule has 0 saturated carbocycles. The largest absolute Gasteiger partial charge is 0.492 e. The van der Waals surface area contributed by atoms with E-state index in [1.54, 1.807) is 0 Å². The molecule has 22 heavy (non-hydrogen) atoms. The molecule has 2 aliphatic rings. The zero-order valence-electron chi connectivity index (χ0n) is 13.5. The number of rotatable bonds is 5. The van der Waals surface area contributed by atoms with E-state index < -0.39 is 0 Å². The van der Waals surface area contributed by atoms with E-state index in [1.807, 2.05) is 24.3 Å². The summed E-state index contributed by atoms with van der Waals surface area (Å²) in [5, 5.41) is 4.21. The summed E-state index contributed by atoms with van der Waals surface area (Å²) in [6, 6.07) is 7.75. The molecule has 2 atom stereocenters. The summed E-state index contributed by atoms with van der Waals surface area (Å²) in [7, 11) is 0. The first-order valence-electron chi connectivity index (χ1n) is 8.45. The molecule has 0 radical (unpaired) electrons. The van der Waals surface area contributed by atoms with Crippen molar-refractivity contribution in [2.75, 3.05) is 39.3 Å². The molecule has 3 nitrogen and oxygen atoms in total. The fourth-order valence-electron chi connectivity index (χ4n) is 3.74. The lowest BCUT2D eigenvalue weighted by Crippen LogP contribution is -2.44. The van der Waals surface area contributed by atoms with E-state index in [0.717, 1.165) is 25.4 Å². The molecule has 0 amide bonds. The van der Waals surface area contributed by atoms with Gasteiger partial charge in [0.15, 0.2) is 0 Å². The van der Waals surface area contributed by atoms with E-state index in [9.17, 15) is 0 Å². The van der Waals surface area contributed by atoms with Crippen LogP contribution in [0.5, 0.6) is 5.75 Å². The van der Waals surface area contributed by atoms with Gasteiger partial charge in [-0.1, -0.05) is 30.7 Å². The average molecular weight is 323 g/mol. The normalized spacial score (nSPS) is 29.6. The molecule has 1 aromatic carbocycles. The van der Waals surface area contributed by atoms with Crippen molar-refractivity contribution in [2.24, 2.45) is 11.3 Å². The van der Waals surface area contributed by atoms with Gasteiger partial charge >= 0.3 is 0 Å². The Morgan fingerprint density at radius 3 is 3.05 bits per heavy atom. The van der Waals surface area contributed by atoms with Crippen LogP contribution in [0, 0.1) is 11.3 Å². The summed E-state index contributed by atoms with van der Waals surface area (Å²) >= 11 is 6.16. The molecule has 2 aliphatic heterocycles. The highest BCUT2D eigenvalue weighted by molar-refractivity contribution is 6.32. The molecule has 4 heteroatoms. The predicted molar refractivity (Wildman–Crippen MR) is 91.7 cm³/mol. The molecule has 122 valence electrons. The minimum absolute atomic E-state index is 0.450. The molecular formula is C18H27ClN2O. The van der Waals surface area contributed by atoms with Gasteiger partial charge in [-0.2, -0.15) is 0 Å². The van der Waals surface area contributed by atoms with E-state index in [1.165, 1.54) is 38.9 Å². The molecule has 2 unspecified atom stereocenters. The van der Waals surface area contributed by atoms with E-state index >= 15 is 0 Å². The van der Waals surface area contributed by atoms with Crippen LogP contribution in [-0.2, 0) is 0 Å². The second-order valence-electron chi connectivity index (χ2n) is 7.22. The van der Waals surface area contributed by atoms with Gasteiger partial charge in [0, 0.05) is 25.6 Å². The monoisotopic (exact) mass is 322 g/mol. The predicted octanol–water partition coefficient (Wildman–Crippen LogP) is 3.43. The molecule has 1 aromatic rings. The van der Waals surface area contributed by atoms with E-state index in [4.69, 9.17) is 16.3 Å². The molecule has 0 aromatic heterocycles. The smallest absolute Gasteiger partial charge is 0.137 e. The van der Waals surface area contributed by atoms with Crippen molar-refractivity contribution in [2.45, 2.75) is 26.2 Å². The number of hydrogen-bond acceptors (Lipinski definition) is 3. The number of hydrogen-bond donors (Lipinski definition) is 1. The molecule has 0 bridgehead atoms. The average Bonchev–Trinajstić information content (AvgIpc) is 2.93. The van der Waals surface area contributed by atoms with Crippen LogP contribution in [0.2, 0.25) is 5.02 Å². The van der Waals surface area contributed by atoms with E-state index in [0.29, 0.717) is 16.4 Å². The van der Waals surface area contributed by atoms with Crippen LogP contribution in [0.1, 0.15) is 26.2 Å². The third-order valence-electron chi connectivity index (χ3n) is 4.98. The molecule has 0 aliphatic carbocycles. The van der Waals surface area contributed by atoms with Crippen LogP contribution in [0.4, 0.5) is 0 Å². The number of benzene rings is 1. The van der Waals surface area contributed by atoms with Crippen LogP contribution in [0.15, 0.2) is 24.3 Å². The number of nitrogens with zero attached hydrogens (tertiary/aromatic N) is 1. The van der Waals surface area contributed by atoms with Crippen LogP contribution in [0.25, 0.3) is 0 Å². The number of para-hydroxylation sites is 1. The van der Waals surface area contributed by atoms with Gasteiger partial charge in [0.05, 0.1) is 11.6 Å². The lowest BCUT2D eigenvalue weighted by atomic mass is 9.87. The fourth-order valence-corrected chi connectivity index (χ4v) is 3.93. The van der Waals surface area contributed by atoms with Gasteiger partial charge in [-0.15, -0.1) is 0 Å². The van der Waals surface area contributed by atoms with Crippen LogP contribution >= 0.6 is 11.6 Å². The van der Waals surface area contributed by atoms with Crippen molar-refractivity contribution in [1.82, 2.24) is 10.2 Å². The van der Waals surface area contributed by atoms with Crippen molar-refractivity contribution >= 4 is 11.6 Å². The maximum atomic E-state index is 6.16. The number of piperidine rings is 1. The Morgan fingerprint density at radius 2 is 2.27 bits per heavy atom. The third-order valence-corrected chi connectivity index (χ3v) is 5.29. The lowest BCUT2D eigenvalue weighted by Gasteiger charge is -2.37. The zero-order chi connectivity index (χ0) is 15.4. The maximum absolute atomic E-state index is 6.16. The summed E-state index contributed by atoms with van der Waals surface area (Å²) in [4.78, 5) is 2.64. The summed E-state index contributed by atoms with van der Waals surface area (Å²) < 4.78 is 5.95. The summed E-state index contributed by atoms with van der Waals surface area (Å²) in [6.45, 7) is 9.11. The Bertz CT molecular complexity index is 488. The Labute approximate surface area is 139 Å². The molecule has 1 N–H and O–H groups in total. The van der Waals surface area contributed by atoms with Crippen molar-refractivity contribution in [3.63, 3.8) is 0 Å². The first-order valence-corrected chi connectivity index (χ1v) is 8.83. The molecule has 2 fully saturated rings. The van der Waals surface area contributed by atoms with Gasteiger partial charge in [0.2, 0.25) is 0 Å². The summed E-state index contributed by atoms with van der Waals surface area (Å²) in [5.74, 6) is 1.43. The first kappa shape index (κ1) is 16.1. The number of ether oxygens (including phenoxy) is 1. The highest BCUT2D eigenvalue weighted by Crippen LogP contribution is 2.29. The molecule has 0 spiro atoms. The van der Waals surface area contributed by atoms with Gasteiger partial charge in [0.25, 0.3) is 0 Å². The number of nitrogens with one attached hydrogen (secondary N) is 1. The zero-order valence-corrected chi connectivity index (χ0v) is 14.2. The van der Waals surface area contributed by atoms with Crippen molar-refractivity contribution in [1.29, 1.82) is 0 Å². The van der Waals surface area contributed by atoms with E-state index in [2.05, 4.69) is 17.1 Å². The van der Waals surface area contributed by atoms with Crippen molar-refractivity contribution < 1.29 is 4.74 Å². The summed E-state index contributed by atoms with van der Waals surface area (Å²) in [5.41, 5.74) is 0.450. The van der Waals surface area contributed by atoms with Crippen LogP contribution in [-0.4, -0.2) is 44.2 Å². The van der Waals surface area contributed by atoms with E-state index in [-0.39, 0.29) is 0 Å². The Balaban J connectivity index is 1.49. The van der Waals surface area contributed by atoms with Crippen LogP contribution in [0.3, 0.4) is 0 Å². The summed E-state index contributed by atoms with van der Waals surface area (Å²) in [6.07, 6.45) is 3.83. The molecule has 3 rings (SSSR count). The minimum Gasteiger partial charge on any atom is -0.492 e. The second kappa shape index (κ2) is 7.20. The van der Waals surface area contributed by atoms with Gasteiger partial charge < -0.3 is 15.0 Å². The highest BCUT2D eigenvalue weighted by atomic mass is 35.5. The third kappa shape index (κ3) is 4.15. The second-order valence-corrected chi connectivity index (χ2v) is 7.63. The Hall–Kier alpha value is -0.770. The van der Waals surface area contributed by atoms with Gasteiger partial charge in [0.1, 0.15) is 5.75 Å². The van der Waals surface area contributed by atoms with Crippen molar-refractivity contribution in [3.05, 3.63) is 29.3 Å². The van der Waals surface area contributed by atoms with Crippen LogP contribution < -0.4 is 10.1 Å². The van der Waals surface area contributed by atoms with Crippen molar-refractivity contribution in [3.8, 4) is 5.75 Å². The molecule has 2 heterocycles. The van der Waals surface area contributed by atoms with Gasteiger partial charge in [-0.05, 0) is 49.9 Å². The first-order chi connectivity index (χ1) is 10.6. The molecular weight excluding hydrogens is 296 g/mol. The van der Waals surface area contributed by atoms with Gasteiger partial charge in [-0.25, -0.2) is 0 Å². The lowest BCUT2D eigenvalue weighted by molar-refractivity contribution is 0.0958. The SMILES string of the molecule is CC1(CN2CCCC(COc3ccccc3Cl)C2)CCNC1. The Kier molecular flexibility index (Phi) is 5.27. The standard InChI is InChI=1S/C18H27ClN2O/c1-18(8-9-20-13-18)14-21-10-4-5-15(11-21)12-22-17-7-3-2-6-16(17)19/h2-3,6-7,15,20H,4-5,8-14H2,1H3. The van der Waals surface area contributed by atoms with Gasteiger partial charge in [-0.3, -0.25) is 0 Å².